The van der Waals surface area contributed by atoms with E-state index >= 15 is 0 Å². The molecule has 0 unspecified atom stereocenters. The van der Waals surface area contributed by atoms with E-state index in [2.05, 4.69) is 74.2 Å². The summed E-state index contributed by atoms with van der Waals surface area (Å²) in [5.74, 6) is 0.462. The SMILES string of the molecule is C=C(C)/C=C/c1ccc(/C(=C(\c2ccc(CC)cc2Cl)C2CCC2)c2ccc(/C(C=N)=C/N)cc2)cc1. The van der Waals surface area contributed by atoms with Gasteiger partial charge in [-0.15, -0.1) is 0 Å². The molecule has 37 heavy (non-hydrogen) atoms. The van der Waals surface area contributed by atoms with Crippen molar-refractivity contribution in [2.75, 3.05) is 0 Å². The van der Waals surface area contributed by atoms with Crippen LogP contribution in [0.15, 0.2) is 91.2 Å². The number of benzene rings is 3. The van der Waals surface area contributed by atoms with Gasteiger partial charge in [-0.2, -0.15) is 0 Å². The fourth-order valence-electron chi connectivity index (χ4n) is 4.79. The van der Waals surface area contributed by atoms with Gasteiger partial charge in [0.05, 0.1) is 0 Å². The van der Waals surface area contributed by atoms with Gasteiger partial charge in [-0.1, -0.05) is 110 Å². The van der Waals surface area contributed by atoms with E-state index in [4.69, 9.17) is 22.7 Å². The van der Waals surface area contributed by atoms with Crippen molar-refractivity contribution >= 4 is 40.6 Å². The van der Waals surface area contributed by atoms with Crippen LogP contribution in [0, 0.1) is 11.3 Å². The highest BCUT2D eigenvalue weighted by Crippen LogP contribution is 2.47. The molecule has 0 amide bonds. The number of nitrogens with one attached hydrogen (secondary N) is 1. The fraction of sp³-hybridized carbons (Fsp3) is 0.206. The molecule has 0 saturated heterocycles. The molecule has 0 aliphatic heterocycles. The van der Waals surface area contributed by atoms with Gasteiger partial charge in [-0.05, 0) is 82.7 Å². The van der Waals surface area contributed by atoms with Gasteiger partial charge in [-0.25, -0.2) is 0 Å². The molecule has 3 aromatic rings. The number of nitrogens with two attached hydrogens (primary N) is 1. The normalized spacial score (nSPS) is 14.8. The second-order valence-corrected chi connectivity index (χ2v) is 10.1. The minimum atomic E-state index is 0.462. The van der Waals surface area contributed by atoms with E-state index < -0.39 is 0 Å². The Kier molecular flexibility index (Phi) is 8.63. The molecule has 0 atom stereocenters. The minimum absolute atomic E-state index is 0.462. The molecule has 188 valence electrons. The zero-order valence-corrected chi connectivity index (χ0v) is 22.5. The van der Waals surface area contributed by atoms with E-state index in [1.165, 1.54) is 41.1 Å². The molecule has 1 aliphatic rings. The lowest BCUT2D eigenvalue weighted by atomic mass is 9.73. The summed E-state index contributed by atoms with van der Waals surface area (Å²) in [5.41, 5.74) is 16.7. The largest absolute Gasteiger partial charge is 0.404 e. The summed E-state index contributed by atoms with van der Waals surface area (Å²) in [4.78, 5) is 0. The van der Waals surface area contributed by atoms with E-state index in [1.807, 2.05) is 25.1 Å². The van der Waals surface area contributed by atoms with Crippen LogP contribution in [-0.4, -0.2) is 6.21 Å². The Bertz CT molecular complexity index is 1370. The molecule has 3 N–H and O–H groups in total. The van der Waals surface area contributed by atoms with Gasteiger partial charge in [0.15, 0.2) is 0 Å². The topological polar surface area (TPSA) is 49.9 Å². The summed E-state index contributed by atoms with van der Waals surface area (Å²) in [5, 5.41) is 8.48. The Hall–Kier alpha value is -3.62. The lowest BCUT2D eigenvalue weighted by molar-refractivity contribution is 0.401. The van der Waals surface area contributed by atoms with Gasteiger partial charge in [0.2, 0.25) is 0 Å². The predicted octanol–water partition coefficient (Wildman–Crippen LogP) is 9.20. The molecule has 1 aliphatic carbocycles. The summed E-state index contributed by atoms with van der Waals surface area (Å²) in [6, 6.07) is 23.6. The predicted molar refractivity (Wildman–Crippen MR) is 162 cm³/mol. The Morgan fingerprint density at radius 1 is 1.00 bits per heavy atom. The summed E-state index contributed by atoms with van der Waals surface area (Å²) < 4.78 is 0. The van der Waals surface area contributed by atoms with Crippen LogP contribution in [0.2, 0.25) is 5.02 Å². The zero-order chi connectivity index (χ0) is 26.4. The van der Waals surface area contributed by atoms with Gasteiger partial charge in [0.1, 0.15) is 0 Å². The third kappa shape index (κ3) is 6.03. The Morgan fingerprint density at radius 3 is 2.11 bits per heavy atom. The number of hydrogen-bond acceptors (Lipinski definition) is 2. The third-order valence-corrected chi connectivity index (χ3v) is 7.43. The molecule has 1 fully saturated rings. The maximum absolute atomic E-state index is 7.67. The lowest BCUT2D eigenvalue weighted by Gasteiger charge is -2.32. The van der Waals surface area contributed by atoms with Gasteiger partial charge in [0, 0.05) is 23.0 Å². The molecular weight excluding hydrogens is 472 g/mol. The maximum atomic E-state index is 7.67. The highest BCUT2D eigenvalue weighted by molar-refractivity contribution is 6.33. The zero-order valence-electron chi connectivity index (χ0n) is 21.7. The molecule has 0 bridgehead atoms. The van der Waals surface area contributed by atoms with Crippen LogP contribution in [-0.2, 0) is 6.42 Å². The Labute approximate surface area is 226 Å². The van der Waals surface area contributed by atoms with Crippen molar-refractivity contribution in [2.24, 2.45) is 11.7 Å². The number of rotatable bonds is 9. The highest BCUT2D eigenvalue weighted by Gasteiger charge is 2.28. The van der Waals surface area contributed by atoms with Gasteiger partial charge >= 0.3 is 0 Å². The van der Waals surface area contributed by atoms with Crippen LogP contribution in [0.5, 0.6) is 0 Å². The number of aryl methyl sites for hydroxylation is 1. The summed E-state index contributed by atoms with van der Waals surface area (Å²) >= 11 is 6.95. The Balaban J connectivity index is 1.93. The van der Waals surface area contributed by atoms with E-state index in [1.54, 1.807) is 0 Å². The molecule has 4 rings (SSSR count). The van der Waals surface area contributed by atoms with E-state index in [-0.39, 0.29) is 0 Å². The first kappa shape index (κ1) is 26.4. The van der Waals surface area contributed by atoms with Crippen molar-refractivity contribution in [3.63, 3.8) is 0 Å². The van der Waals surface area contributed by atoms with E-state index in [9.17, 15) is 0 Å². The lowest BCUT2D eigenvalue weighted by Crippen LogP contribution is -2.15. The molecule has 0 aromatic heterocycles. The average Bonchev–Trinajstić information content (AvgIpc) is 2.88. The van der Waals surface area contributed by atoms with Crippen molar-refractivity contribution < 1.29 is 0 Å². The monoisotopic (exact) mass is 506 g/mol. The fourth-order valence-corrected chi connectivity index (χ4v) is 5.09. The first-order chi connectivity index (χ1) is 17.9. The van der Waals surface area contributed by atoms with Crippen LogP contribution >= 0.6 is 11.6 Å². The van der Waals surface area contributed by atoms with Gasteiger partial charge < -0.3 is 11.1 Å². The highest BCUT2D eigenvalue weighted by atomic mass is 35.5. The molecule has 3 aromatic carbocycles. The van der Waals surface area contributed by atoms with E-state index in [0.29, 0.717) is 11.5 Å². The maximum Gasteiger partial charge on any atom is 0.0484 e. The van der Waals surface area contributed by atoms with Crippen LogP contribution in [0.4, 0.5) is 0 Å². The first-order valence-electron chi connectivity index (χ1n) is 12.9. The molecule has 1 saturated carbocycles. The van der Waals surface area contributed by atoms with Crippen LogP contribution in [0.3, 0.4) is 0 Å². The molecule has 0 radical (unpaired) electrons. The molecular formula is C34H35ClN2. The molecule has 2 nitrogen and oxygen atoms in total. The van der Waals surface area contributed by atoms with Crippen molar-refractivity contribution in [3.05, 3.63) is 130 Å². The standard InChI is InChI=1S/C34H35ClN2/c1-4-24-12-19-31(32(35)20-24)34(27-6-5-7-27)33(28-13-10-25(11-14-28)9-8-23(2)3)29-17-15-26(16-18-29)30(21-36)22-37/h8-22,27,36H,2,4-7,37H2,1,3H3/b9-8+,30-22+,34-33+,36-21?. The van der Waals surface area contributed by atoms with Crippen molar-refractivity contribution in [1.82, 2.24) is 0 Å². The second kappa shape index (κ2) is 12.1. The van der Waals surface area contributed by atoms with Crippen molar-refractivity contribution in [3.8, 4) is 0 Å². The Morgan fingerprint density at radius 2 is 1.62 bits per heavy atom. The molecule has 0 spiro atoms. The number of allylic oxidation sites excluding steroid dienone is 4. The van der Waals surface area contributed by atoms with Crippen LogP contribution < -0.4 is 5.73 Å². The quantitative estimate of drug-likeness (QED) is 0.169. The van der Waals surface area contributed by atoms with Crippen molar-refractivity contribution in [1.29, 1.82) is 5.41 Å². The number of hydrogen-bond donors (Lipinski definition) is 2. The molecule has 0 heterocycles. The summed E-state index contributed by atoms with van der Waals surface area (Å²) in [6.45, 7) is 8.12. The first-order valence-corrected chi connectivity index (χ1v) is 13.3. The average molecular weight is 507 g/mol. The van der Waals surface area contributed by atoms with E-state index in [0.717, 1.165) is 52.1 Å². The second-order valence-electron chi connectivity index (χ2n) is 9.73. The van der Waals surface area contributed by atoms with Crippen molar-refractivity contribution in [2.45, 2.75) is 39.5 Å². The van der Waals surface area contributed by atoms with Gasteiger partial charge in [-0.3, -0.25) is 0 Å². The van der Waals surface area contributed by atoms with Crippen LogP contribution in [0.25, 0.3) is 22.8 Å². The third-order valence-electron chi connectivity index (χ3n) is 7.12. The van der Waals surface area contributed by atoms with Crippen LogP contribution in [0.1, 0.15) is 66.5 Å². The molecule has 3 heteroatoms. The number of halogens is 1. The smallest absolute Gasteiger partial charge is 0.0484 e. The van der Waals surface area contributed by atoms with Gasteiger partial charge in [0.25, 0.3) is 0 Å². The summed E-state index contributed by atoms with van der Waals surface area (Å²) in [7, 11) is 0. The summed E-state index contributed by atoms with van der Waals surface area (Å²) in [6.07, 6.45) is 11.4. The minimum Gasteiger partial charge on any atom is -0.404 e.